The van der Waals surface area contributed by atoms with Gasteiger partial charge < -0.3 is 19.5 Å². The topological polar surface area (TPSA) is 42.3 Å². The number of rotatable bonds is 6. The first kappa shape index (κ1) is 25.2. The number of hydrogen-bond donors (Lipinski definition) is 1. The molecule has 0 saturated carbocycles. The predicted octanol–water partition coefficient (Wildman–Crippen LogP) is 8.11. The van der Waals surface area contributed by atoms with E-state index < -0.39 is 0 Å². The number of benzene rings is 3. The van der Waals surface area contributed by atoms with Crippen molar-refractivity contribution in [3.63, 3.8) is 0 Å². The highest BCUT2D eigenvalue weighted by Crippen LogP contribution is 2.44. The van der Waals surface area contributed by atoms with Crippen LogP contribution < -0.4 is 15.0 Å². The molecule has 3 heterocycles. The fourth-order valence-electron chi connectivity index (χ4n) is 5.34. The van der Waals surface area contributed by atoms with Crippen molar-refractivity contribution in [1.29, 1.82) is 0 Å². The minimum atomic E-state index is -0.140. The maximum Gasteiger partial charge on any atom is 0.174 e. The zero-order chi connectivity index (χ0) is 26.9. The van der Waals surface area contributed by atoms with Crippen LogP contribution in [0.1, 0.15) is 34.7 Å². The second kappa shape index (κ2) is 10.6. The lowest BCUT2D eigenvalue weighted by Crippen LogP contribution is -2.29. The molecule has 39 heavy (non-hydrogen) atoms. The summed E-state index contributed by atoms with van der Waals surface area (Å²) in [5, 5.41) is 4.91. The summed E-state index contributed by atoms with van der Waals surface area (Å²) < 4.78 is 8.24. The minimum absolute atomic E-state index is 0.129. The fourth-order valence-corrected chi connectivity index (χ4v) is 5.91. The van der Waals surface area contributed by atoms with E-state index in [-0.39, 0.29) is 12.1 Å². The van der Waals surface area contributed by atoms with Gasteiger partial charge in [0, 0.05) is 23.3 Å². The van der Waals surface area contributed by atoms with E-state index in [0.29, 0.717) is 10.1 Å². The number of aryl methyl sites for hydroxylation is 1. The molecule has 2 unspecified atom stereocenters. The number of aromatic nitrogens is 2. The van der Waals surface area contributed by atoms with E-state index in [2.05, 4.69) is 34.7 Å². The van der Waals surface area contributed by atoms with Crippen molar-refractivity contribution in [2.45, 2.75) is 25.9 Å². The van der Waals surface area contributed by atoms with Gasteiger partial charge in [-0.1, -0.05) is 48.0 Å². The highest BCUT2D eigenvalue weighted by Gasteiger charge is 2.42. The lowest BCUT2D eigenvalue weighted by Gasteiger charge is -2.28. The summed E-state index contributed by atoms with van der Waals surface area (Å²) in [4.78, 5) is 6.87. The van der Waals surface area contributed by atoms with Crippen molar-refractivity contribution in [2.24, 2.45) is 0 Å². The van der Waals surface area contributed by atoms with E-state index in [9.17, 15) is 0 Å². The molecule has 0 radical (unpaired) electrons. The van der Waals surface area contributed by atoms with Crippen molar-refractivity contribution in [3.8, 4) is 17.2 Å². The van der Waals surface area contributed by atoms with Crippen molar-refractivity contribution < 1.29 is 4.74 Å². The van der Waals surface area contributed by atoms with Crippen molar-refractivity contribution in [3.05, 3.63) is 137 Å². The third-order valence-electron chi connectivity index (χ3n) is 7.07. The molecule has 2 aromatic heterocycles. The SMILES string of the molecule is Cc1cc(C2C(c3ccccn3)NC(=S)N2c2ccc(Oc3ccccc3)cc2)c(C)n1-c1ccccc1Cl. The first-order chi connectivity index (χ1) is 19.0. The molecule has 3 aromatic carbocycles. The molecule has 2 atom stereocenters. The molecule has 6 rings (SSSR count). The Morgan fingerprint density at radius 2 is 1.54 bits per heavy atom. The molecule has 0 aliphatic carbocycles. The molecular weight excluding hydrogens is 524 g/mol. The maximum absolute atomic E-state index is 6.63. The monoisotopic (exact) mass is 550 g/mol. The summed E-state index contributed by atoms with van der Waals surface area (Å²) in [5.41, 5.74) is 6.21. The molecule has 0 bridgehead atoms. The number of hydrogen-bond acceptors (Lipinski definition) is 3. The van der Waals surface area contributed by atoms with E-state index in [1.807, 2.05) is 103 Å². The van der Waals surface area contributed by atoms with Crippen molar-refractivity contribution in [1.82, 2.24) is 14.9 Å². The lowest BCUT2D eigenvalue weighted by atomic mass is 9.96. The van der Waals surface area contributed by atoms with E-state index in [1.165, 1.54) is 0 Å². The second-order valence-electron chi connectivity index (χ2n) is 9.52. The summed E-state index contributed by atoms with van der Waals surface area (Å²) in [6, 6.07) is 33.7. The summed E-state index contributed by atoms with van der Waals surface area (Å²) in [5.74, 6) is 1.56. The van der Waals surface area contributed by atoms with Gasteiger partial charge in [-0.3, -0.25) is 4.98 Å². The number of nitrogens with zero attached hydrogens (tertiary/aromatic N) is 3. The first-order valence-corrected chi connectivity index (χ1v) is 13.6. The maximum atomic E-state index is 6.63. The van der Waals surface area contributed by atoms with Crippen molar-refractivity contribution >= 4 is 34.6 Å². The molecule has 1 aliphatic heterocycles. The van der Waals surface area contributed by atoms with Gasteiger partial charge in [0.1, 0.15) is 11.5 Å². The number of thiocarbonyl (C=S) groups is 1. The third-order valence-corrected chi connectivity index (χ3v) is 7.71. The number of halogens is 1. The Balaban J connectivity index is 1.43. The van der Waals surface area contributed by atoms with Crippen LogP contribution in [0.15, 0.2) is 109 Å². The molecule has 1 aliphatic rings. The smallest absolute Gasteiger partial charge is 0.174 e. The molecule has 7 heteroatoms. The van der Waals surface area contributed by atoms with Gasteiger partial charge in [0.2, 0.25) is 0 Å². The average Bonchev–Trinajstić information content (AvgIpc) is 3.45. The van der Waals surface area contributed by atoms with E-state index >= 15 is 0 Å². The minimum Gasteiger partial charge on any atom is -0.457 e. The molecule has 5 nitrogen and oxygen atoms in total. The molecule has 0 spiro atoms. The molecule has 5 aromatic rings. The molecular formula is C32H27ClN4OS. The van der Waals surface area contributed by atoms with E-state index in [0.717, 1.165) is 45.5 Å². The second-order valence-corrected chi connectivity index (χ2v) is 10.3. The zero-order valence-electron chi connectivity index (χ0n) is 21.6. The summed E-state index contributed by atoms with van der Waals surface area (Å²) >= 11 is 12.6. The van der Waals surface area contributed by atoms with Gasteiger partial charge in [0.25, 0.3) is 0 Å². The number of pyridine rings is 1. The summed E-state index contributed by atoms with van der Waals surface area (Å²) in [6.45, 7) is 4.24. The molecule has 1 N–H and O–H groups in total. The highest BCUT2D eigenvalue weighted by molar-refractivity contribution is 7.80. The van der Waals surface area contributed by atoms with Crippen LogP contribution in [0.2, 0.25) is 5.02 Å². The third kappa shape index (κ3) is 4.78. The van der Waals surface area contributed by atoms with E-state index in [1.54, 1.807) is 0 Å². The van der Waals surface area contributed by atoms with Crippen LogP contribution in [0.4, 0.5) is 5.69 Å². The normalized spacial score (nSPS) is 16.8. The van der Waals surface area contributed by atoms with Gasteiger partial charge in [-0.2, -0.15) is 0 Å². The standard InChI is InChI=1S/C32H27ClN4OS/c1-21-20-26(22(2)36(21)29-14-7-6-12-27(29)33)31-30(28-13-8-9-19-34-28)35-32(39)37(31)23-15-17-25(18-16-23)38-24-10-4-3-5-11-24/h3-20,30-31H,1-2H3,(H,35,39). The van der Waals surface area contributed by atoms with Gasteiger partial charge in [-0.15, -0.1) is 0 Å². The van der Waals surface area contributed by atoms with Gasteiger partial charge >= 0.3 is 0 Å². The highest BCUT2D eigenvalue weighted by atomic mass is 35.5. The average molecular weight is 551 g/mol. The lowest BCUT2D eigenvalue weighted by molar-refractivity contribution is 0.482. The predicted molar refractivity (Wildman–Crippen MR) is 161 cm³/mol. The largest absolute Gasteiger partial charge is 0.457 e. The Morgan fingerprint density at radius 1 is 0.846 bits per heavy atom. The number of nitrogens with one attached hydrogen (secondary N) is 1. The van der Waals surface area contributed by atoms with Gasteiger partial charge in [0.15, 0.2) is 5.11 Å². The van der Waals surface area contributed by atoms with Crippen LogP contribution in [0.5, 0.6) is 11.5 Å². The van der Waals surface area contributed by atoms with E-state index in [4.69, 9.17) is 33.5 Å². The van der Waals surface area contributed by atoms with Crippen molar-refractivity contribution in [2.75, 3.05) is 4.90 Å². The van der Waals surface area contributed by atoms with Crippen LogP contribution >= 0.6 is 23.8 Å². The number of ether oxygens (including phenoxy) is 1. The Hall–Kier alpha value is -4.13. The van der Waals surface area contributed by atoms with Crippen LogP contribution in [-0.2, 0) is 0 Å². The zero-order valence-corrected chi connectivity index (χ0v) is 23.2. The molecule has 1 fully saturated rings. The Kier molecular flexibility index (Phi) is 6.81. The molecule has 1 saturated heterocycles. The number of anilines is 1. The Labute approximate surface area is 238 Å². The summed E-state index contributed by atoms with van der Waals surface area (Å²) in [6.07, 6.45) is 1.82. The fraction of sp³-hybridized carbons (Fsp3) is 0.125. The Bertz CT molecular complexity index is 1620. The van der Waals surface area contributed by atoms with Crippen LogP contribution in [0.3, 0.4) is 0 Å². The van der Waals surface area contributed by atoms with Gasteiger partial charge in [0.05, 0.1) is 28.5 Å². The van der Waals surface area contributed by atoms with Crippen LogP contribution in [-0.4, -0.2) is 14.7 Å². The number of para-hydroxylation sites is 2. The van der Waals surface area contributed by atoms with Crippen LogP contribution in [0, 0.1) is 13.8 Å². The van der Waals surface area contributed by atoms with Gasteiger partial charge in [-0.25, -0.2) is 0 Å². The molecule has 194 valence electrons. The molecule has 0 amide bonds. The quantitative estimate of drug-likeness (QED) is 0.216. The Morgan fingerprint density at radius 3 is 2.26 bits per heavy atom. The summed E-state index contributed by atoms with van der Waals surface area (Å²) in [7, 11) is 0. The van der Waals surface area contributed by atoms with Crippen LogP contribution in [0.25, 0.3) is 5.69 Å². The van der Waals surface area contributed by atoms with Gasteiger partial charge in [-0.05, 0) is 98.4 Å². The first-order valence-electron chi connectivity index (χ1n) is 12.8.